The highest BCUT2D eigenvalue weighted by atomic mass is 16.3. The van der Waals surface area contributed by atoms with Crippen LogP contribution in [0.1, 0.15) is 25.6 Å². The van der Waals surface area contributed by atoms with Gasteiger partial charge in [0.05, 0.1) is 6.10 Å². The first-order chi connectivity index (χ1) is 11.5. The Morgan fingerprint density at radius 1 is 1.42 bits per heavy atom. The number of amides is 2. The van der Waals surface area contributed by atoms with E-state index >= 15 is 0 Å². The minimum atomic E-state index is -0.309. The molecule has 1 unspecified atom stereocenters. The summed E-state index contributed by atoms with van der Waals surface area (Å²) in [5.41, 5.74) is 1.57. The Labute approximate surface area is 141 Å². The number of aromatic amines is 1. The molecule has 0 bridgehead atoms. The van der Waals surface area contributed by atoms with Crippen LogP contribution in [0, 0.1) is 12.8 Å². The monoisotopic (exact) mass is 329 g/mol. The Balaban J connectivity index is 1.63. The highest BCUT2D eigenvalue weighted by Gasteiger charge is 2.25. The van der Waals surface area contributed by atoms with Crippen LogP contribution in [0.25, 0.3) is 11.4 Å². The predicted molar refractivity (Wildman–Crippen MR) is 91.6 cm³/mol. The van der Waals surface area contributed by atoms with Crippen LogP contribution in [0.15, 0.2) is 24.3 Å². The number of aliphatic hydroxyl groups is 1. The van der Waals surface area contributed by atoms with E-state index in [-0.39, 0.29) is 18.1 Å². The van der Waals surface area contributed by atoms with E-state index in [2.05, 4.69) is 20.5 Å². The standard InChI is InChI=1S/C17H23N5O2/c1-11(23)13-6-8-22(9-7-13)17(24)19-15-5-3-4-14(10-15)16-18-12(2)20-21-16/h3-5,10-11,13,23H,6-9H2,1-2H3,(H,19,24)(H,18,20,21). The number of hydrogen-bond donors (Lipinski definition) is 3. The van der Waals surface area contributed by atoms with Gasteiger partial charge >= 0.3 is 6.03 Å². The second kappa shape index (κ2) is 7.00. The van der Waals surface area contributed by atoms with Gasteiger partial charge in [0, 0.05) is 24.3 Å². The zero-order chi connectivity index (χ0) is 17.1. The number of carbonyl (C=O) groups is 1. The maximum absolute atomic E-state index is 12.4. The van der Waals surface area contributed by atoms with Crippen molar-refractivity contribution >= 4 is 11.7 Å². The Morgan fingerprint density at radius 3 is 2.79 bits per heavy atom. The van der Waals surface area contributed by atoms with Crippen LogP contribution in [-0.2, 0) is 0 Å². The molecule has 0 aliphatic carbocycles. The number of H-pyrrole nitrogens is 1. The van der Waals surface area contributed by atoms with Crippen molar-refractivity contribution in [3.05, 3.63) is 30.1 Å². The van der Waals surface area contributed by atoms with Crippen LogP contribution in [0.5, 0.6) is 0 Å². The van der Waals surface area contributed by atoms with Crippen molar-refractivity contribution in [3.8, 4) is 11.4 Å². The number of aromatic nitrogens is 3. The van der Waals surface area contributed by atoms with Gasteiger partial charge in [-0.1, -0.05) is 12.1 Å². The van der Waals surface area contributed by atoms with Crippen molar-refractivity contribution < 1.29 is 9.90 Å². The molecule has 3 rings (SSSR count). The highest BCUT2D eigenvalue weighted by Crippen LogP contribution is 2.22. The predicted octanol–water partition coefficient (Wildman–Crippen LogP) is 2.40. The number of carbonyl (C=O) groups excluding carboxylic acids is 1. The second-order valence-corrected chi connectivity index (χ2v) is 6.32. The lowest BCUT2D eigenvalue weighted by molar-refractivity contribution is 0.0820. The van der Waals surface area contributed by atoms with Gasteiger partial charge in [-0.05, 0) is 44.7 Å². The van der Waals surface area contributed by atoms with Crippen LogP contribution < -0.4 is 5.32 Å². The number of nitrogens with one attached hydrogen (secondary N) is 2. The van der Waals surface area contributed by atoms with Gasteiger partial charge in [0.2, 0.25) is 0 Å². The number of benzene rings is 1. The van der Waals surface area contributed by atoms with Crippen molar-refractivity contribution in [2.24, 2.45) is 5.92 Å². The van der Waals surface area contributed by atoms with Crippen LogP contribution in [-0.4, -0.2) is 50.4 Å². The molecule has 1 fully saturated rings. The van der Waals surface area contributed by atoms with Gasteiger partial charge in [0.1, 0.15) is 5.82 Å². The molecule has 24 heavy (non-hydrogen) atoms. The van der Waals surface area contributed by atoms with Crippen molar-refractivity contribution in [1.82, 2.24) is 20.1 Å². The Hall–Kier alpha value is -2.41. The molecule has 2 heterocycles. The summed E-state index contributed by atoms with van der Waals surface area (Å²) in [6, 6.07) is 7.39. The third-order valence-corrected chi connectivity index (χ3v) is 4.48. The van der Waals surface area contributed by atoms with E-state index in [0.717, 1.165) is 29.9 Å². The lowest BCUT2D eigenvalue weighted by Crippen LogP contribution is -2.42. The normalized spacial score (nSPS) is 16.9. The first-order valence-corrected chi connectivity index (χ1v) is 8.26. The van der Waals surface area contributed by atoms with Gasteiger partial charge in [-0.15, -0.1) is 0 Å². The largest absolute Gasteiger partial charge is 0.393 e. The number of likely N-dealkylation sites (tertiary alicyclic amines) is 1. The molecule has 1 aromatic heterocycles. The summed E-state index contributed by atoms with van der Waals surface area (Å²) in [5.74, 6) is 1.65. The topological polar surface area (TPSA) is 94.1 Å². The van der Waals surface area contributed by atoms with Gasteiger partial charge in [0.15, 0.2) is 5.82 Å². The summed E-state index contributed by atoms with van der Waals surface area (Å²) < 4.78 is 0. The third kappa shape index (κ3) is 3.73. The molecule has 1 aromatic carbocycles. The summed E-state index contributed by atoms with van der Waals surface area (Å²) >= 11 is 0. The number of hydrogen-bond acceptors (Lipinski definition) is 4. The number of aliphatic hydroxyl groups excluding tert-OH is 1. The molecule has 0 radical (unpaired) electrons. The van der Waals surface area contributed by atoms with Gasteiger partial charge in [-0.3, -0.25) is 5.10 Å². The van der Waals surface area contributed by atoms with Gasteiger partial charge in [-0.2, -0.15) is 5.10 Å². The second-order valence-electron chi connectivity index (χ2n) is 6.32. The molecule has 1 aliphatic rings. The van der Waals surface area contributed by atoms with E-state index < -0.39 is 0 Å². The van der Waals surface area contributed by atoms with Crippen molar-refractivity contribution in [1.29, 1.82) is 0 Å². The zero-order valence-corrected chi connectivity index (χ0v) is 14.0. The maximum atomic E-state index is 12.4. The van der Waals surface area contributed by atoms with E-state index in [1.54, 1.807) is 4.90 Å². The quantitative estimate of drug-likeness (QED) is 0.806. The summed E-state index contributed by atoms with van der Waals surface area (Å²) in [6.07, 6.45) is 1.36. The zero-order valence-electron chi connectivity index (χ0n) is 14.0. The molecular formula is C17H23N5O2. The molecule has 1 atom stereocenters. The number of rotatable bonds is 3. The fourth-order valence-corrected chi connectivity index (χ4v) is 3.00. The SMILES string of the molecule is Cc1nc(-c2cccc(NC(=O)N3CCC(C(C)O)CC3)c2)n[nH]1. The van der Waals surface area contributed by atoms with Crippen LogP contribution >= 0.6 is 0 Å². The van der Waals surface area contributed by atoms with Crippen LogP contribution in [0.3, 0.4) is 0 Å². The van der Waals surface area contributed by atoms with E-state index in [9.17, 15) is 9.90 Å². The number of anilines is 1. The van der Waals surface area contributed by atoms with Crippen LogP contribution in [0.2, 0.25) is 0 Å². The van der Waals surface area contributed by atoms with E-state index in [4.69, 9.17) is 0 Å². The number of nitrogens with zero attached hydrogens (tertiary/aromatic N) is 3. The van der Waals surface area contributed by atoms with Gasteiger partial charge < -0.3 is 15.3 Å². The molecule has 1 saturated heterocycles. The molecule has 2 aromatic rings. The molecule has 0 spiro atoms. The molecule has 1 aliphatic heterocycles. The Bertz CT molecular complexity index is 705. The molecule has 7 heteroatoms. The summed E-state index contributed by atoms with van der Waals surface area (Å²) in [7, 11) is 0. The Morgan fingerprint density at radius 2 is 2.17 bits per heavy atom. The lowest BCUT2D eigenvalue weighted by atomic mass is 9.92. The summed E-state index contributed by atoms with van der Waals surface area (Å²) in [4.78, 5) is 18.5. The van der Waals surface area contributed by atoms with Crippen LogP contribution in [0.4, 0.5) is 10.5 Å². The number of aryl methyl sites for hydroxylation is 1. The molecule has 2 amide bonds. The smallest absolute Gasteiger partial charge is 0.321 e. The minimum Gasteiger partial charge on any atom is -0.393 e. The van der Waals surface area contributed by atoms with Crippen molar-refractivity contribution in [2.45, 2.75) is 32.8 Å². The third-order valence-electron chi connectivity index (χ3n) is 4.48. The molecule has 128 valence electrons. The fourth-order valence-electron chi connectivity index (χ4n) is 3.00. The number of piperidine rings is 1. The molecule has 3 N–H and O–H groups in total. The molecular weight excluding hydrogens is 306 g/mol. The minimum absolute atomic E-state index is 0.109. The van der Waals surface area contributed by atoms with E-state index in [0.29, 0.717) is 18.9 Å². The lowest BCUT2D eigenvalue weighted by Gasteiger charge is -2.33. The molecule has 7 nitrogen and oxygen atoms in total. The first-order valence-electron chi connectivity index (χ1n) is 8.26. The molecule has 0 saturated carbocycles. The first kappa shape index (κ1) is 16.4. The summed E-state index contributed by atoms with van der Waals surface area (Å²) in [6.45, 7) is 5.00. The highest BCUT2D eigenvalue weighted by molar-refractivity contribution is 5.90. The summed E-state index contributed by atoms with van der Waals surface area (Å²) in [5, 5.41) is 19.5. The number of urea groups is 1. The average Bonchev–Trinajstić information content (AvgIpc) is 3.02. The Kier molecular flexibility index (Phi) is 4.80. The van der Waals surface area contributed by atoms with Gasteiger partial charge in [-0.25, -0.2) is 9.78 Å². The van der Waals surface area contributed by atoms with Gasteiger partial charge in [0.25, 0.3) is 0 Å². The van der Waals surface area contributed by atoms with E-state index in [1.807, 2.05) is 38.1 Å². The maximum Gasteiger partial charge on any atom is 0.321 e. The average molecular weight is 329 g/mol. The fraction of sp³-hybridized carbons (Fsp3) is 0.471. The van der Waals surface area contributed by atoms with E-state index in [1.165, 1.54) is 0 Å². The van der Waals surface area contributed by atoms with Crippen molar-refractivity contribution in [3.63, 3.8) is 0 Å². The van der Waals surface area contributed by atoms with Crippen molar-refractivity contribution in [2.75, 3.05) is 18.4 Å².